The Kier molecular flexibility index (Phi) is 6.44. The number of hydrogen-bond acceptors (Lipinski definition) is 5. The third-order valence-corrected chi connectivity index (χ3v) is 2.59. The molecular formula is C16H20O6. The highest BCUT2D eigenvalue weighted by molar-refractivity contribution is 5.94. The molecule has 6 nitrogen and oxygen atoms in total. The van der Waals surface area contributed by atoms with Crippen LogP contribution in [0.25, 0.3) is 6.08 Å². The van der Waals surface area contributed by atoms with E-state index in [9.17, 15) is 14.7 Å². The molecule has 0 aromatic heterocycles. The minimum atomic E-state index is -1.12. The van der Waals surface area contributed by atoms with Gasteiger partial charge in [-0.25, -0.2) is 9.59 Å². The molecule has 0 amide bonds. The van der Waals surface area contributed by atoms with E-state index >= 15 is 0 Å². The van der Waals surface area contributed by atoms with Crippen molar-refractivity contribution in [3.8, 4) is 5.75 Å². The number of esters is 1. The van der Waals surface area contributed by atoms with Gasteiger partial charge in [0.15, 0.2) is 0 Å². The van der Waals surface area contributed by atoms with Crippen molar-refractivity contribution >= 4 is 18.0 Å². The molecule has 0 heterocycles. The Bertz CT molecular complexity index is 574. The van der Waals surface area contributed by atoms with Crippen LogP contribution in [0.2, 0.25) is 0 Å². The van der Waals surface area contributed by atoms with Gasteiger partial charge in [0.2, 0.25) is 5.76 Å². The van der Waals surface area contributed by atoms with Gasteiger partial charge in [0.25, 0.3) is 0 Å². The highest BCUT2D eigenvalue weighted by Gasteiger charge is 2.16. The molecular weight excluding hydrogens is 288 g/mol. The highest BCUT2D eigenvalue weighted by atomic mass is 16.6. The topological polar surface area (TPSA) is 82.1 Å². The van der Waals surface area contributed by atoms with Crippen molar-refractivity contribution in [3.05, 3.63) is 35.1 Å². The zero-order valence-electron chi connectivity index (χ0n) is 13.1. The SMILES string of the molecule is CCOC(=O)/C(=C/c1ccc(OC)c(C(=O)O)c1)OC(C)C. The zero-order valence-corrected chi connectivity index (χ0v) is 13.1. The molecule has 22 heavy (non-hydrogen) atoms. The predicted octanol–water partition coefficient (Wildman–Crippen LogP) is 2.72. The first-order chi connectivity index (χ1) is 10.4. The maximum atomic E-state index is 11.9. The van der Waals surface area contributed by atoms with Crippen LogP contribution >= 0.6 is 0 Å². The first-order valence-electron chi connectivity index (χ1n) is 6.85. The average Bonchev–Trinajstić information content (AvgIpc) is 2.46. The van der Waals surface area contributed by atoms with Gasteiger partial charge in [-0.3, -0.25) is 0 Å². The molecule has 0 fully saturated rings. The van der Waals surface area contributed by atoms with E-state index in [0.29, 0.717) is 5.56 Å². The summed E-state index contributed by atoms with van der Waals surface area (Å²) in [5, 5.41) is 9.17. The highest BCUT2D eigenvalue weighted by Crippen LogP contribution is 2.22. The monoisotopic (exact) mass is 308 g/mol. The fourth-order valence-corrected chi connectivity index (χ4v) is 1.73. The molecule has 0 spiro atoms. The van der Waals surface area contributed by atoms with E-state index < -0.39 is 11.9 Å². The number of ether oxygens (including phenoxy) is 3. The van der Waals surface area contributed by atoms with Gasteiger partial charge < -0.3 is 19.3 Å². The van der Waals surface area contributed by atoms with E-state index in [1.165, 1.54) is 25.3 Å². The lowest BCUT2D eigenvalue weighted by Crippen LogP contribution is -2.14. The summed E-state index contributed by atoms with van der Waals surface area (Å²) in [6.45, 7) is 5.48. The standard InChI is InChI=1S/C16H20O6/c1-5-21-16(19)14(22-10(2)3)9-11-6-7-13(20-4)12(8-11)15(17)18/h6-10H,5H2,1-4H3,(H,17,18)/b14-9-. The van der Waals surface area contributed by atoms with E-state index in [4.69, 9.17) is 14.2 Å². The van der Waals surface area contributed by atoms with Gasteiger partial charge in [-0.1, -0.05) is 6.07 Å². The van der Waals surface area contributed by atoms with Gasteiger partial charge >= 0.3 is 11.9 Å². The van der Waals surface area contributed by atoms with Crippen LogP contribution in [-0.2, 0) is 14.3 Å². The lowest BCUT2D eigenvalue weighted by molar-refractivity contribution is -0.143. The van der Waals surface area contributed by atoms with Gasteiger partial charge in [-0.15, -0.1) is 0 Å². The zero-order chi connectivity index (χ0) is 16.7. The largest absolute Gasteiger partial charge is 0.496 e. The second-order valence-corrected chi connectivity index (χ2v) is 4.66. The Balaban J connectivity index is 3.21. The number of aromatic carboxylic acids is 1. The van der Waals surface area contributed by atoms with E-state index in [0.717, 1.165) is 0 Å². The molecule has 1 N–H and O–H groups in total. The van der Waals surface area contributed by atoms with E-state index in [2.05, 4.69) is 0 Å². The van der Waals surface area contributed by atoms with Gasteiger partial charge in [0.1, 0.15) is 11.3 Å². The second-order valence-electron chi connectivity index (χ2n) is 4.66. The van der Waals surface area contributed by atoms with Crippen LogP contribution in [0.4, 0.5) is 0 Å². The Morgan fingerprint density at radius 1 is 1.32 bits per heavy atom. The summed E-state index contributed by atoms with van der Waals surface area (Å²) in [4.78, 5) is 23.1. The molecule has 0 saturated carbocycles. The minimum absolute atomic E-state index is 0.00371. The Morgan fingerprint density at radius 3 is 2.50 bits per heavy atom. The van der Waals surface area contributed by atoms with Crippen LogP contribution in [-0.4, -0.2) is 36.9 Å². The molecule has 1 aromatic rings. The van der Waals surface area contributed by atoms with Crippen LogP contribution in [0.15, 0.2) is 24.0 Å². The molecule has 1 aromatic carbocycles. The molecule has 0 unspecified atom stereocenters. The predicted molar refractivity (Wildman–Crippen MR) is 80.8 cm³/mol. The second kappa shape index (κ2) is 8.07. The van der Waals surface area contributed by atoms with Crippen molar-refractivity contribution in [3.63, 3.8) is 0 Å². The molecule has 0 aliphatic rings. The Labute approximate surface area is 129 Å². The number of carbonyl (C=O) groups is 2. The van der Waals surface area contributed by atoms with Crippen molar-refractivity contribution < 1.29 is 28.9 Å². The number of carboxylic acids is 1. The third-order valence-electron chi connectivity index (χ3n) is 2.59. The summed E-state index contributed by atoms with van der Waals surface area (Å²) in [6.07, 6.45) is 1.23. The van der Waals surface area contributed by atoms with Crippen molar-refractivity contribution in [1.82, 2.24) is 0 Å². The van der Waals surface area contributed by atoms with Crippen molar-refractivity contribution in [2.24, 2.45) is 0 Å². The quantitative estimate of drug-likeness (QED) is 0.474. The van der Waals surface area contributed by atoms with Crippen LogP contribution in [0.1, 0.15) is 36.7 Å². The number of rotatable bonds is 7. The summed E-state index contributed by atoms with van der Waals surface area (Å²) in [6, 6.07) is 4.56. The number of benzene rings is 1. The maximum absolute atomic E-state index is 11.9. The first-order valence-corrected chi connectivity index (χ1v) is 6.85. The summed E-state index contributed by atoms with van der Waals surface area (Å²) in [5.41, 5.74) is 0.505. The average molecular weight is 308 g/mol. The fraction of sp³-hybridized carbons (Fsp3) is 0.375. The van der Waals surface area contributed by atoms with Crippen molar-refractivity contribution in [2.75, 3.05) is 13.7 Å². The van der Waals surface area contributed by atoms with Crippen molar-refractivity contribution in [1.29, 1.82) is 0 Å². The summed E-state index contributed by atoms with van der Waals surface area (Å²) in [7, 11) is 1.39. The van der Waals surface area contributed by atoms with Crippen LogP contribution in [0, 0.1) is 0 Å². The number of methoxy groups -OCH3 is 1. The maximum Gasteiger partial charge on any atom is 0.373 e. The molecule has 120 valence electrons. The molecule has 1 rings (SSSR count). The lowest BCUT2D eigenvalue weighted by atomic mass is 10.1. The lowest BCUT2D eigenvalue weighted by Gasteiger charge is -2.13. The molecule has 0 aliphatic heterocycles. The molecule has 0 atom stereocenters. The van der Waals surface area contributed by atoms with Crippen LogP contribution in [0.3, 0.4) is 0 Å². The Hall–Kier alpha value is -2.50. The van der Waals surface area contributed by atoms with Gasteiger partial charge in [0.05, 0.1) is 19.8 Å². The number of carbonyl (C=O) groups excluding carboxylic acids is 1. The summed E-state index contributed by atoms with van der Waals surface area (Å²) >= 11 is 0. The van der Waals surface area contributed by atoms with E-state index in [-0.39, 0.29) is 29.8 Å². The number of hydrogen-bond donors (Lipinski definition) is 1. The van der Waals surface area contributed by atoms with Crippen LogP contribution in [0.5, 0.6) is 5.75 Å². The third kappa shape index (κ3) is 4.80. The Morgan fingerprint density at radius 2 is 2.00 bits per heavy atom. The molecule has 0 bridgehead atoms. The minimum Gasteiger partial charge on any atom is -0.496 e. The summed E-state index contributed by atoms with van der Waals surface area (Å²) < 4.78 is 15.4. The van der Waals surface area contributed by atoms with Gasteiger partial charge in [-0.2, -0.15) is 0 Å². The molecule has 0 radical (unpaired) electrons. The fourth-order valence-electron chi connectivity index (χ4n) is 1.73. The first kappa shape index (κ1) is 17.6. The van der Waals surface area contributed by atoms with Gasteiger partial charge in [0, 0.05) is 0 Å². The van der Waals surface area contributed by atoms with E-state index in [1.54, 1.807) is 26.8 Å². The summed E-state index contributed by atoms with van der Waals surface area (Å²) in [5.74, 6) is -1.44. The molecule has 6 heteroatoms. The number of carboxylic acid groups (broad SMARTS) is 1. The van der Waals surface area contributed by atoms with Gasteiger partial charge in [-0.05, 0) is 44.5 Å². The normalized spacial score (nSPS) is 11.2. The van der Waals surface area contributed by atoms with Crippen molar-refractivity contribution in [2.45, 2.75) is 26.9 Å². The van der Waals surface area contributed by atoms with E-state index in [1.807, 2.05) is 0 Å². The molecule has 0 saturated heterocycles. The smallest absolute Gasteiger partial charge is 0.373 e. The van der Waals surface area contributed by atoms with Crippen LogP contribution < -0.4 is 4.74 Å². The molecule has 0 aliphatic carbocycles.